The molecule has 1 unspecified atom stereocenters. The lowest BCUT2D eigenvalue weighted by Crippen LogP contribution is -2.52. The monoisotopic (exact) mass is 430 g/mol. The molecule has 3 amide bonds. The molecule has 0 aromatic heterocycles. The normalized spacial score (nSPS) is 22.3. The van der Waals surface area contributed by atoms with Gasteiger partial charge in [-0.15, -0.1) is 11.8 Å². The van der Waals surface area contributed by atoms with Gasteiger partial charge in [0.15, 0.2) is 0 Å². The highest BCUT2D eigenvalue weighted by molar-refractivity contribution is 7.99. The fourth-order valence-electron chi connectivity index (χ4n) is 4.42. The van der Waals surface area contributed by atoms with Crippen LogP contribution in [0.25, 0.3) is 0 Å². The second-order valence-electron chi connectivity index (χ2n) is 8.18. The average molecular weight is 431 g/mol. The lowest BCUT2D eigenvalue weighted by Gasteiger charge is -2.29. The van der Waals surface area contributed by atoms with Crippen molar-refractivity contribution in [3.05, 3.63) is 29.3 Å². The standard InChI is InChI=1S/C22H30N4O3S/c27-20-8-7-18(21(28)24-20)26-15-17-16(22(26)29)5-4-6-19(17)30-14-3-1-2-11-25-12-9-23-10-13-25/h4-6,18,23H,1-3,7-15H2,(H,24,27,28). The Hall–Kier alpha value is -1.90. The maximum absolute atomic E-state index is 12.9. The molecule has 2 saturated heterocycles. The quantitative estimate of drug-likeness (QED) is 0.371. The van der Waals surface area contributed by atoms with Crippen LogP contribution in [0.1, 0.15) is 48.0 Å². The lowest BCUT2D eigenvalue weighted by atomic mass is 10.0. The largest absolute Gasteiger partial charge is 0.322 e. The number of carbonyl (C=O) groups excluding carboxylic acids is 3. The molecule has 30 heavy (non-hydrogen) atoms. The van der Waals surface area contributed by atoms with Crippen LogP contribution in [-0.2, 0) is 16.1 Å². The van der Waals surface area contributed by atoms with E-state index in [0.29, 0.717) is 18.5 Å². The fraction of sp³-hybridized carbons (Fsp3) is 0.591. The van der Waals surface area contributed by atoms with Gasteiger partial charge in [-0.25, -0.2) is 0 Å². The number of carbonyl (C=O) groups is 3. The Balaban J connectivity index is 1.27. The minimum atomic E-state index is -0.551. The van der Waals surface area contributed by atoms with Crippen LogP contribution in [0.15, 0.2) is 23.1 Å². The average Bonchev–Trinajstić information content (AvgIpc) is 3.08. The summed E-state index contributed by atoms with van der Waals surface area (Å²) in [5.74, 6) is 0.322. The minimum absolute atomic E-state index is 0.0991. The van der Waals surface area contributed by atoms with Crippen molar-refractivity contribution >= 4 is 29.5 Å². The van der Waals surface area contributed by atoms with Crippen LogP contribution in [-0.4, -0.2) is 72.0 Å². The number of nitrogens with one attached hydrogen (secondary N) is 2. The molecule has 2 fully saturated rings. The van der Waals surface area contributed by atoms with Crippen LogP contribution >= 0.6 is 11.8 Å². The van der Waals surface area contributed by atoms with Crippen molar-refractivity contribution in [2.45, 2.75) is 49.6 Å². The highest BCUT2D eigenvalue weighted by atomic mass is 32.2. The van der Waals surface area contributed by atoms with Crippen LogP contribution in [0.5, 0.6) is 0 Å². The Labute approximate surface area is 181 Å². The van der Waals surface area contributed by atoms with Gasteiger partial charge in [0.25, 0.3) is 5.91 Å². The summed E-state index contributed by atoms with van der Waals surface area (Å²) >= 11 is 1.81. The number of amides is 3. The molecule has 4 rings (SSSR count). The van der Waals surface area contributed by atoms with E-state index in [4.69, 9.17) is 0 Å². The highest BCUT2D eigenvalue weighted by Gasteiger charge is 2.39. The molecule has 1 aromatic rings. The van der Waals surface area contributed by atoms with Gasteiger partial charge in [-0.1, -0.05) is 12.5 Å². The molecule has 0 bridgehead atoms. The molecule has 162 valence electrons. The second-order valence-corrected chi connectivity index (χ2v) is 9.32. The first kappa shape index (κ1) is 21.3. The van der Waals surface area contributed by atoms with E-state index >= 15 is 0 Å². The Bertz CT molecular complexity index is 810. The van der Waals surface area contributed by atoms with Crippen molar-refractivity contribution in [1.82, 2.24) is 20.4 Å². The maximum atomic E-state index is 12.9. The summed E-state index contributed by atoms with van der Waals surface area (Å²) in [5.41, 5.74) is 1.72. The first-order valence-corrected chi connectivity index (χ1v) is 11.9. The van der Waals surface area contributed by atoms with Gasteiger partial charge < -0.3 is 15.1 Å². The molecule has 8 heteroatoms. The summed E-state index contributed by atoms with van der Waals surface area (Å²) in [5, 5.41) is 5.75. The van der Waals surface area contributed by atoms with Gasteiger partial charge in [0.1, 0.15) is 6.04 Å². The third kappa shape index (κ3) is 4.87. The number of rotatable bonds is 8. The first-order chi connectivity index (χ1) is 14.6. The molecule has 1 aromatic carbocycles. The van der Waals surface area contributed by atoms with Crippen molar-refractivity contribution in [2.24, 2.45) is 0 Å². The summed E-state index contributed by atoms with van der Waals surface area (Å²) in [4.78, 5) is 41.8. The van der Waals surface area contributed by atoms with E-state index in [1.54, 1.807) is 16.7 Å². The van der Waals surface area contributed by atoms with E-state index in [1.165, 1.54) is 19.4 Å². The number of thioether (sulfide) groups is 1. The lowest BCUT2D eigenvalue weighted by molar-refractivity contribution is -0.136. The van der Waals surface area contributed by atoms with Gasteiger partial charge >= 0.3 is 0 Å². The highest BCUT2D eigenvalue weighted by Crippen LogP contribution is 2.34. The van der Waals surface area contributed by atoms with Crippen LogP contribution < -0.4 is 10.6 Å². The fourth-order valence-corrected chi connectivity index (χ4v) is 5.52. The molecule has 3 heterocycles. The van der Waals surface area contributed by atoms with Crippen molar-refractivity contribution in [1.29, 1.82) is 0 Å². The number of piperidine rings is 1. The summed E-state index contributed by atoms with van der Waals surface area (Å²) in [6, 6.07) is 5.30. The van der Waals surface area contributed by atoms with Crippen LogP contribution in [0.4, 0.5) is 0 Å². The van der Waals surface area contributed by atoms with Crippen LogP contribution in [0.2, 0.25) is 0 Å². The third-order valence-corrected chi connectivity index (χ3v) is 7.31. The summed E-state index contributed by atoms with van der Waals surface area (Å²) in [6.45, 7) is 6.15. The smallest absolute Gasteiger partial charge is 0.255 e. The summed E-state index contributed by atoms with van der Waals surface area (Å²) in [7, 11) is 0. The zero-order chi connectivity index (χ0) is 20.9. The number of hydrogen-bond acceptors (Lipinski definition) is 6. The van der Waals surface area contributed by atoms with Crippen molar-refractivity contribution < 1.29 is 14.4 Å². The predicted molar refractivity (Wildman–Crippen MR) is 116 cm³/mol. The number of hydrogen-bond donors (Lipinski definition) is 2. The number of piperazine rings is 1. The molecule has 1 atom stereocenters. The molecule has 3 aliphatic rings. The van der Waals surface area contributed by atoms with E-state index in [9.17, 15) is 14.4 Å². The van der Waals surface area contributed by atoms with E-state index in [2.05, 4.69) is 21.6 Å². The molecule has 0 aliphatic carbocycles. The Morgan fingerprint density at radius 3 is 2.70 bits per heavy atom. The molecule has 3 aliphatic heterocycles. The van der Waals surface area contributed by atoms with Crippen molar-refractivity contribution in [3.8, 4) is 0 Å². The Kier molecular flexibility index (Phi) is 7.07. The van der Waals surface area contributed by atoms with Gasteiger partial charge in [0.05, 0.1) is 0 Å². The SMILES string of the molecule is O=C1CCC(N2Cc3c(SCCCCCN4CCNCC4)cccc3C2=O)C(=O)N1. The van der Waals surface area contributed by atoms with Crippen LogP contribution in [0.3, 0.4) is 0 Å². The number of fused-ring (bicyclic) bond motifs is 1. The molecule has 0 radical (unpaired) electrons. The molecule has 0 saturated carbocycles. The summed E-state index contributed by atoms with van der Waals surface area (Å²) in [6.07, 6.45) is 4.29. The van der Waals surface area contributed by atoms with Gasteiger partial charge in [-0.2, -0.15) is 0 Å². The third-order valence-electron chi connectivity index (χ3n) is 6.12. The van der Waals surface area contributed by atoms with Gasteiger partial charge in [-0.3, -0.25) is 19.7 Å². The van der Waals surface area contributed by atoms with Gasteiger partial charge in [0.2, 0.25) is 11.8 Å². The Morgan fingerprint density at radius 1 is 1.07 bits per heavy atom. The van der Waals surface area contributed by atoms with E-state index in [1.807, 2.05) is 12.1 Å². The maximum Gasteiger partial charge on any atom is 0.255 e. The molecule has 0 spiro atoms. The van der Waals surface area contributed by atoms with Crippen molar-refractivity contribution in [2.75, 3.05) is 38.5 Å². The molecule has 7 nitrogen and oxygen atoms in total. The van der Waals surface area contributed by atoms with E-state index < -0.39 is 6.04 Å². The topological polar surface area (TPSA) is 81.8 Å². The van der Waals surface area contributed by atoms with Crippen molar-refractivity contribution in [3.63, 3.8) is 0 Å². The minimum Gasteiger partial charge on any atom is -0.322 e. The van der Waals surface area contributed by atoms with Crippen LogP contribution in [0, 0.1) is 0 Å². The molecular weight excluding hydrogens is 400 g/mol. The van der Waals surface area contributed by atoms with E-state index in [-0.39, 0.29) is 24.1 Å². The zero-order valence-corrected chi connectivity index (χ0v) is 18.1. The van der Waals surface area contributed by atoms with E-state index in [0.717, 1.165) is 48.8 Å². The molecular formula is C22H30N4O3S. The number of unbranched alkanes of at least 4 members (excludes halogenated alkanes) is 2. The summed E-state index contributed by atoms with van der Waals surface area (Å²) < 4.78 is 0. The number of imide groups is 1. The molecule has 2 N–H and O–H groups in total. The zero-order valence-electron chi connectivity index (χ0n) is 17.3. The number of nitrogens with zero attached hydrogens (tertiary/aromatic N) is 2. The Morgan fingerprint density at radius 2 is 1.90 bits per heavy atom. The second kappa shape index (κ2) is 9.94. The van der Waals surface area contributed by atoms with Gasteiger partial charge in [0, 0.05) is 49.6 Å². The number of benzene rings is 1. The van der Waals surface area contributed by atoms with Gasteiger partial charge in [-0.05, 0) is 49.3 Å². The first-order valence-electron chi connectivity index (χ1n) is 11.0. The predicted octanol–water partition coefficient (Wildman–Crippen LogP) is 1.62.